The van der Waals surface area contributed by atoms with Crippen molar-refractivity contribution in [2.24, 2.45) is 0 Å². The molecular weight excluding hydrogens is 294 g/mol. The van der Waals surface area contributed by atoms with Gasteiger partial charge in [0, 0.05) is 11.8 Å². The summed E-state index contributed by atoms with van der Waals surface area (Å²) in [6.07, 6.45) is -0.513. The van der Waals surface area contributed by atoms with Crippen LogP contribution in [0.3, 0.4) is 0 Å². The normalized spacial score (nSPS) is 10.0. The van der Waals surface area contributed by atoms with Gasteiger partial charge in [0.15, 0.2) is 11.5 Å². The van der Waals surface area contributed by atoms with Crippen LogP contribution in [0, 0.1) is 0 Å². The third kappa shape index (κ3) is 5.21. The monoisotopic (exact) mass is 315 g/mol. The van der Waals surface area contributed by atoms with Crippen molar-refractivity contribution in [3.63, 3.8) is 0 Å². The summed E-state index contributed by atoms with van der Waals surface area (Å²) in [5.74, 6) is 1.24. The molecule has 5 nitrogen and oxygen atoms in total. The molecule has 23 heavy (non-hydrogen) atoms. The van der Waals surface area contributed by atoms with E-state index in [1.165, 1.54) is 0 Å². The summed E-state index contributed by atoms with van der Waals surface area (Å²) in [4.78, 5) is 11.9. The quantitative estimate of drug-likeness (QED) is 0.830. The Labute approximate surface area is 136 Å². The van der Waals surface area contributed by atoms with E-state index in [0.717, 1.165) is 5.56 Å². The first-order valence-electron chi connectivity index (χ1n) is 7.60. The molecule has 0 radical (unpaired) electrons. The molecule has 2 aromatic rings. The lowest BCUT2D eigenvalue weighted by atomic mass is 10.2. The maximum absolute atomic E-state index is 11.9. The van der Waals surface area contributed by atoms with E-state index in [9.17, 15) is 4.79 Å². The molecule has 0 saturated carbocycles. The zero-order chi connectivity index (χ0) is 16.5. The smallest absolute Gasteiger partial charge is 0.411 e. The van der Waals surface area contributed by atoms with Gasteiger partial charge < -0.3 is 14.2 Å². The Balaban J connectivity index is 1.96. The zero-order valence-electron chi connectivity index (χ0n) is 13.4. The molecule has 0 atom stereocenters. The molecule has 1 amide bonds. The van der Waals surface area contributed by atoms with Crippen molar-refractivity contribution in [2.75, 3.05) is 18.5 Å². The number of benzene rings is 2. The summed E-state index contributed by atoms with van der Waals surface area (Å²) in [6.45, 7) is 5.09. The van der Waals surface area contributed by atoms with E-state index in [-0.39, 0.29) is 6.61 Å². The van der Waals surface area contributed by atoms with Crippen LogP contribution in [-0.2, 0) is 11.3 Å². The van der Waals surface area contributed by atoms with Gasteiger partial charge >= 0.3 is 6.09 Å². The molecule has 0 aliphatic rings. The highest BCUT2D eigenvalue weighted by atomic mass is 16.5. The molecule has 0 saturated heterocycles. The minimum Gasteiger partial charge on any atom is -0.490 e. The summed E-state index contributed by atoms with van der Waals surface area (Å²) < 4.78 is 16.2. The molecule has 5 heteroatoms. The summed E-state index contributed by atoms with van der Waals surface area (Å²) in [5, 5.41) is 2.68. The Hall–Kier alpha value is -2.69. The van der Waals surface area contributed by atoms with Crippen molar-refractivity contribution in [3.05, 3.63) is 54.1 Å². The number of anilines is 1. The lowest BCUT2D eigenvalue weighted by Gasteiger charge is -2.13. The minimum absolute atomic E-state index is 0.224. The third-order valence-corrected chi connectivity index (χ3v) is 3.00. The molecule has 0 bridgehead atoms. The summed E-state index contributed by atoms with van der Waals surface area (Å²) in [5.41, 5.74) is 1.53. The maximum Gasteiger partial charge on any atom is 0.411 e. The summed E-state index contributed by atoms with van der Waals surface area (Å²) in [7, 11) is 0. The number of nitrogens with one attached hydrogen (secondary N) is 1. The molecule has 0 aliphatic heterocycles. The second-order valence-electron chi connectivity index (χ2n) is 4.71. The number of carbonyl (C=O) groups excluding carboxylic acids is 1. The van der Waals surface area contributed by atoms with Gasteiger partial charge in [-0.1, -0.05) is 30.3 Å². The van der Waals surface area contributed by atoms with Crippen LogP contribution in [0.1, 0.15) is 19.4 Å². The number of ether oxygens (including phenoxy) is 3. The lowest BCUT2D eigenvalue weighted by Crippen LogP contribution is -2.13. The van der Waals surface area contributed by atoms with Crippen molar-refractivity contribution in [2.45, 2.75) is 20.5 Å². The first-order valence-corrected chi connectivity index (χ1v) is 7.60. The SMILES string of the molecule is CCOc1ccc(NC(=O)OCc2ccccc2)cc1OCC. The molecule has 0 aromatic heterocycles. The fraction of sp³-hybridized carbons (Fsp3) is 0.278. The van der Waals surface area contributed by atoms with E-state index in [2.05, 4.69) is 5.32 Å². The van der Waals surface area contributed by atoms with Crippen molar-refractivity contribution in [1.82, 2.24) is 0 Å². The fourth-order valence-electron chi connectivity index (χ4n) is 2.01. The van der Waals surface area contributed by atoms with E-state index in [4.69, 9.17) is 14.2 Å². The van der Waals surface area contributed by atoms with Crippen LogP contribution in [0.5, 0.6) is 11.5 Å². The molecule has 122 valence electrons. The van der Waals surface area contributed by atoms with Crippen LogP contribution in [0.4, 0.5) is 10.5 Å². The standard InChI is InChI=1S/C18H21NO4/c1-3-21-16-11-10-15(12-17(16)22-4-2)19-18(20)23-13-14-8-6-5-7-9-14/h5-12H,3-4,13H2,1-2H3,(H,19,20). The lowest BCUT2D eigenvalue weighted by molar-refractivity contribution is 0.155. The molecule has 0 fully saturated rings. The predicted molar refractivity (Wildman–Crippen MR) is 89.0 cm³/mol. The van der Waals surface area contributed by atoms with Crippen LogP contribution in [-0.4, -0.2) is 19.3 Å². The van der Waals surface area contributed by atoms with Crippen LogP contribution in [0.25, 0.3) is 0 Å². The number of hydrogen-bond acceptors (Lipinski definition) is 4. The largest absolute Gasteiger partial charge is 0.490 e. The van der Waals surface area contributed by atoms with Gasteiger partial charge in [0.25, 0.3) is 0 Å². The highest BCUT2D eigenvalue weighted by Gasteiger charge is 2.09. The fourth-order valence-corrected chi connectivity index (χ4v) is 2.01. The van der Waals surface area contributed by atoms with Crippen molar-refractivity contribution in [1.29, 1.82) is 0 Å². The van der Waals surface area contributed by atoms with E-state index in [1.54, 1.807) is 18.2 Å². The van der Waals surface area contributed by atoms with E-state index in [1.807, 2.05) is 44.2 Å². The van der Waals surface area contributed by atoms with Crippen LogP contribution >= 0.6 is 0 Å². The van der Waals surface area contributed by atoms with Gasteiger partial charge in [0.1, 0.15) is 6.61 Å². The van der Waals surface area contributed by atoms with E-state index in [0.29, 0.717) is 30.4 Å². The van der Waals surface area contributed by atoms with Gasteiger partial charge in [-0.15, -0.1) is 0 Å². The van der Waals surface area contributed by atoms with Crippen LogP contribution in [0.15, 0.2) is 48.5 Å². The predicted octanol–water partition coefficient (Wildman–Crippen LogP) is 4.23. The van der Waals surface area contributed by atoms with Crippen molar-refractivity contribution >= 4 is 11.8 Å². The highest BCUT2D eigenvalue weighted by Crippen LogP contribution is 2.30. The third-order valence-electron chi connectivity index (χ3n) is 3.00. The van der Waals surface area contributed by atoms with Crippen LogP contribution in [0.2, 0.25) is 0 Å². The Bertz CT molecular complexity index is 628. The van der Waals surface area contributed by atoms with Gasteiger partial charge in [-0.2, -0.15) is 0 Å². The Morgan fingerprint density at radius 2 is 1.65 bits per heavy atom. The van der Waals surface area contributed by atoms with Gasteiger partial charge in [0.2, 0.25) is 0 Å². The first kappa shape index (κ1) is 16.7. The first-order chi connectivity index (χ1) is 11.2. The molecule has 1 N–H and O–H groups in total. The molecule has 0 heterocycles. The van der Waals surface area contributed by atoms with Crippen LogP contribution < -0.4 is 14.8 Å². The highest BCUT2D eigenvalue weighted by molar-refractivity contribution is 5.85. The van der Waals surface area contributed by atoms with Gasteiger partial charge in [-0.05, 0) is 31.5 Å². The number of amides is 1. The molecular formula is C18H21NO4. The van der Waals surface area contributed by atoms with Gasteiger partial charge in [-0.25, -0.2) is 4.79 Å². The Kier molecular flexibility index (Phi) is 6.29. The minimum atomic E-state index is -0.513. The van der Waals surface area contributed by atoms with Gasteiger partial charge in [0.05, 0.1) is 13.2 Å². The molecule has 2 aromatic carbocycles. The van der Waals surface area contributed by atoms with E-state index >= 15 is 0 Å². The average molecular weight is 315 g/mol. The number of rotatable bonds is 7. The van der Waals surface area contributed by atoms with Gasteiger partial charge in [-0.3, -0.25) is 5.32 Å². The molecule has 2 rings (SSSR count). The van der Waals surface area contributed by atoms with Crippen molar-refractivity contribution in [3.8, 4) is 11.5 Å². The van der Waals surface area contributed by atoms with Crippen molar-refractivity contribution < 1.29 is 19.0 Å². The van der Waals surface area contributed by atoms with E-state index < -0.39 is 6.09 Å². The average Bonchev–Trinajstić information content (AvgIpc) is 2.57. The topological polar surface area (TPSA) is 56.8 Å². The second kappa shape index (κ2) is 8.68. The molecule has 0 unspecified atom stereocenters. The summed E-state index contributed by atoms with van der Waals surface area (Å²) in [6, 6.07) is 14.7. The maximum atomic E-state index is 11.9. The molecule has 0 spiro atoms. The number of hydrogen-bond donors (Lipinski definition) is 1. The zero-order valence-corrected chi connectivity index (χ0v) is 13.4. The number of carbonyl (C=O) groups is 1. The Morgan fingerprint density at radius 1 is 0.957 bits per heavy atom. The summed E-state index contributed by atoms with van der Waals surface area (Å²) >= 11 is 0. The Morgan fingerprint density at radius 3 is 2.35 bits per heavy atom. The second-order valence-corrected chi connectivity index (χ2v) is 4.71. The molecule has 0 aliphatic carbocycles.